The van der Waals surface area contributed by atoms with Crippen LogP contribution in [0.5, 0.6) is 0 Å². The molecule has 8 heteroatoms. The van der Waals surface area contributed by atoms with Gasteiger partial charge in [-0.2, -0.15) is 0 Å². The van der Waals surface area contributed by atoms with Crippen LogP contribution in [0.4, 0.5) is 0 Å². The maximum atomic E-state index is 12.7. The molecule has 0 bridgehead atoms. The molecule has 0 aliphatic carbocycles. The molecule has 0 aromatic carbocycles. The first-order chi connectivity index (χ1) is 11.6. The molecule has 6 nitrogen and oxygen atoms in total. The van der Waals surface area contributed by atoms with Gasteiger partial charge in [-0.05, 0) is 24.9 Å². The highest BCUT2D eigenvalue weighted by atomic mass is 32.2. The van der Waals surface area contributed by atoms with Crippen molar-refractivity contribution < 1.29 is 4.79 Å². The highest BCUT2D eigenvalue weighted by Gasteiger charge is 2.26. The van der Waals surface area contributed by atoms with Gasteiger partial charge in [0.05, 0.1) is 10.1 Å². The minimum Gasteiger partial charge on any atom is -0.339 e. The number of hydrogen-bond acceptors (Lipinski definition) is 6. The van der Waals surface area contributed by atoms with Crippen LogP contribution >= 0.6 is 23.1 Å². The predicted molar refractivity (Wildman–Crippen MR) is 98.3 cm³/mol. The van der Waals surface area contributed by atoms with Crippen LogP contribution in [0, 0.1) is 0 Å². The molecule has 1 fully saturated rings. The van der Waals surface area contributed by atoms with Gasteiger partial charge in [-0.3, -0.25) is 4.79 Å². The fraction of sp³-hybridized carbons (Fsp3) is 0.562. The summed E-state index contributed by atoms with van der Waals surface area (Å²) in [7, 11) is 1.95. The van der Waals surface area contributed by atoms with E-state index >= 15 is 0 Å². The smallest absolute Gasteiger partial charge is 0.235 e. The summed E-state index contributed by atoms with van der Waals surface area (Å²) in [5.74, 6) is 1.04. The van der Waals surface area contributed by atoms with Crippen LogP contribution in [0.25, 0.3) is 10.7 Å². The average molecular weight is 366 g/mol. The van der Waals surface area contributed by atoms with Gasteiger partial charge in [0.2, 0.25) is 5.91 Å². The number of hydrogen-bond donors (Lipinski definition) is 0. The molecule has 3 heterocycles. The molecule has 0 spiro atoms. The zero-order valence-corrected chi connectivity index (χ0v) is 15.9. The van der Waals surface area contributed by atoms with Crippen molar-refractivity contribution in [2.45, 2.75) is 24.3 Å². The molecule has 3 rings (SSSR count). The number of likely N-dealkylation sites (N-methyl/N-ethyl adjacent to an activating group) is 1. The Hall–Kier alpha value is -1.38. The van der Waals surface area contributed by atoms with E-state index < -0.39 is 0 Å². The number of amides is 1. The van der Waals surface area contributed by atoms with Crippen LogP contribution in [0.2, 0.25) is 0 Å². The quantitative estimate of drug-likeness (QED) is 0.760. The molecule has 2 aromatic heterocycles. The Bertz CT molecular complexity index is 677. The summed E-state index contributed by atoms with van der Waals surface area (Å²) in [4.78, 5) is 18.1. The Labute approximate surface area is 150 Å². The van der Waals surface area contributed by atoms with Crippen LogP contribution in [-0.4, -0.2) is 68.4 Å². The lowest BCUT2D eigenvalue weighted by atomic mass is 10.3. The second-order valence-corrected chi connectivity index (χ2v) is 8.12. The molecule has 0 radical (unpaired) electrons. The van der Waals surface area contributed by atoms with Crippen LogP contribution in [0.15, 0.2) is 22.7 Å². The van der Waals surface area contributed by atoms with Crippen molar-refractivity contribution in [3.63, 3.8) is 0 Å². The molecule has 0 N–H and O–H groups in total. The van der Waals surface area contributed by atoms with E-state index in [-0.39, 0.29) is 11.2 Å². The van der Waals surface area contributed by atoms with E-state index in [1.165, 1.54) is 11.8 Å². The molecule has 1 amide bonds. The molecule has 1 aliphatic heterocycles. The van der Waals surface area contributed by atoms with Crippen molar-refractivity contribution in [2.75, 3.05) is 32.7 Å². The van der Waals surface area contributed by atoms with Crippen molar-refractivity contribution in [3.8, 4) is 10.7 Å². The molecule has 1 saturated heterocycles. The third-order valence-corrected chi connectivity index (χ3v) is 6.32. The number of rotatable bonds is 5. The first-order valence-electron chi connectivity index (χ1n) is 8.21. The zero-order chi connectivity index (χ0) is 17.1. The lowest BCUT2D eigenvalue weighted by Gasteiger charge is -2.35. The Balaban J connectivity index is 1.63. The minimum atomic E-state index is -0.155. The number of thiophene rings is 1. The van der Waals surface area contributed by atoms with Crippen molar-refractivity contribution in [1.29, 1.82) is 0 Å². The van der Waals surface area contributed by atoms with Crippen molar-refractivity contribution in [2.24, 2.45) is 7.05 Å². The summed E-state index contributed by atoms with van der Waals surface area (Å²) in [6, 6.07) is 4.04. The van der Waals surface area contributed by atoms with Gasteiger partial charge in [0.15, 0.2) is 11.0 Å². The largest absolute Gasteiger partial charge is 0.339 e. The summed E-state index contributed by atoms with van der Waals surface area (Å²) in [5, 5.41) is 11.2. The van der Waals surface area contributed by atoms with Crippen LogP contribution in [0.1, 0.15) is 13.8 Å². The maximum absolute atomic E-state index is 12.7. The fourth-order valence-electron chi connectivity index (χ4n) is 2.79. The highest BCUT2D eigenvalue weighted by molar-refractivity contribution is 8.00. The van der Waals surface area contributed by atoms with E-state index in [1.807, 2.05) is 41.0 Å². The fourth-order valence-corrected chi connectivity index (χ4v) is 4.43. The molecule has 0 saturated carbocycles. The number of thioether (sulfide) groups is 1. The zero-order valence-electron chi connectivity index (χ0n) is 14.3. The van der Waals surface area contributed by atoms with Gasteiger partial charge in [-0.25, -0.2) is 0 Å². The van der Waals surface area contributed by atoms with Gasteiger partial charge in [-0.1, -0.05) is 24.8 Å². The first kappa shape index (κ1) is 17.4. The number of carbonyl (C=O) groups excluding carboxylic acids is 1. The molecule has 1 aliphatic rings. The lowest BCUT2D eigenvalue weighted by Crippen LogP contribution is -2.50. The molecule has 24 heavy (non-hydrogen) atoms. The van der Waals surface area contributed by atoms with E-state index in [4.69, 9.17) is 0 Å². The summed E-state index contributed by atoms with van der Waals surface area (Å²) < 4.78 is 1.97. The van der Waals surface area contributed by atoms with Crippen LogP contribution in [-0.2, 0) is 11.8 Å². The first-order valence-corrected chi connectivity index (χ1v) is 9.97. The van der Waals surface area contributed by atoms with Gasteiger partial charge in [-0.15, -0.1) is 21.5 Å². The van der Waals surface area contributed by atoms with E-state index in [0.717, 1.165) is 48.6 Å². The normalized spacial score (nSPS) is 17.2. The van der Waals surface area contributed by atoms with Gasteiger partial charge in [0, 0.05) is 33.2 Å². The summed E-state index contributed by atoms with van der Waals surface area (Å²) >= 11 is 3.13. The number of nitrogens with zero attached hydrogens (tertiary/aromatic N) is 5. The van der Waals surface area contributed by atoms with Gasteiger partial charge in [0.25, 0.3) is 0 Å². The van der Waals surface area contributed by atoms with Gasteiger partial charge in [0.1, 0.15) is 0 Å². The molecular weight excluding hydrogens is 342 g/mol. The second kappa shape index (κ2) is 7.67. The monoisotopic (exact) mass is 365 g/mol. The van der Waals surface area contributed by atoms with E-state index in [1.54, 1.807) is 11.3 Å². The van der Waals surface area contributed by atoms with Crippen molar-refractivity contribution >= 4 is 29.0 Å². The van der Waals surface area contributed by atoms with E-state index in [9.17, 15) is 4.79 Å². The molecule has 1 atom stereocenters. The minimum absolute atomic E-state index is 0.155. The second-order valence-electron chi connectivity index (χ2n) is 5.86. The Morgan fingerprint density at radius 2 is 2.08 bits per heavy atom. The van der Waals surface area contributed by atoms with Crippen molar-refractivity contribution in [1.82, 2.24) is 24.6 Å². The standard InChI is InChI=1S/C16H23N5OS2/c1-4-20-7-9-21(10-8-20)15(22)12(2)24-16-18-17-14(19(16)3)13-6-5-11-23-13/h5-6,11-12H,4,7-10H2,1-3H3. The number of carbonyl (C=O) groups is 1. The third kappa shape index (κ3) is 3.65. The molecule has 1 unspecified atom stereocenters. The van der Waals surface area contributed by atoms with Crippen LogP contribution < -0.4 is 0 Å². The summed E-state index contributed by atoms with van der Waals surface area (Å²) in [6.45, 7) is 8.73. The number of aromatic nitrogens is 3. The topological polar surface area (TPSA) is 54.3 Å². The van der Waals surface area contributed by atoms with Gasteiger partial charge >= 0.3 is 0 Å². The van der Waals surface area contributed by atoms with E-state index in [0.29, 0.717) is 0 Å². The maximum Gasteiger partial charge on any atom is 0.235 e. The predicted octanol–water partition coefficient (Wildman–Crippen LogP) is 2.19. The van der Waals surface area contributed by atoms with Crippen LogP contribution in [0.3, 0.4) is 0 Å². The Morgan fingerprint density at radius 3 is 2.71 bits per heavy atom. The Kier molecular flexibility index (Phi) is 5.57. The molecule has 2 aromatic rings. The summed E-state index contributed by atoms with van der Waals surface area (Å²) in [6.07, 6.45) is 0. The highest BCUT2D eigenvalue weighted by Crippen LogP contribution is 2.28. The van der Waals surface area contributed by atoms with Crippen molar-refractivity contribution in [3.05, 3.63) is 17.5 Å². The molecule has 130 valence electrons. The summed E-state index contributed by atoms with van der Waals surface area (Å²) in [5.41, 5.74) is 0. The lowest BCUT2D eigenvalue weighted by molar-refractivity contribution is -0.132. The number of piperazine rings is 1. The average Bonchev–Trinajstić information content (AvgIpc) is 3.25. The van der Waals surface area contributed by atoms with Gasteiger partial charge < -0.3 is 14.4 Å². The van der Waals surface area contributed by atoms with E-state index in [2.05, 4.69) is 22.0 Å². The SMILES string of the molecule is CCN1CCN(C(=O)C(C)Sc2nnc(-c3cccs3)n2C)CC1. The molecular formula is C16H23N5OS2. The third-order valence-electron chi connectivity index (χ3n) is 4.34. The Morgan fingerprint density at radius 1 is 1.33 bits per heavy atom.